The lowest BCUT2D eigenvalue weighted by Gasteiger charge is -2.08. The van der Waals surface area contributed by atoms with Crippen LogP contribution in [0, 0.1) is 20.8 Å². The zero-order valence-corrected chi connectivity index (χ0v) is 13.0. The van der Waals surface area contributed by atoms with Crippen LogP contribution in [0.25, 0.3) is 0 Å². The molecule has 4 nitrogen and oxygen atoms in total. The second kappa shape index (κ2) is 6.89. The number of amides is 1. The summed E-state index contributed by atoms with van der Waals surface area (Å²) < 4.78 is 5.06. The average Bonchev–Trinajstić information content (AvgIpc) is 2.47. The Bertz CT molecular complexity index is 690. The maximum atomic E-state index is 12.0. The van der Waals surface area contributed by atoms with Gasteiger partial charge in [0.1, 0.15) is 0 Å². The van der Waals surface area contributed by atoms with Crippen molar-refractivity contribution in [3.05, 3.63) is 64.7 Å². The fourth-order valence-corrected chi connectivity index (χ4v) is 2.09. The molecular weight excluding hydrogens is 278 g/mol. The highest BCUT2D eigenvalue weighted by molar-refractivity contribution is 5.96. The van der Waals surface area contributed by atoms with E-state index in [0.717, 1.165) is 16.7 Å². The Morgan fingerprint density at radius 2 is 1.59 bits per heavy atom. The Kier molecular flexibility index (Phi) is 4.94. The van der Waals surface area contributed by atoms with Crippen molar-refractivity contribution in [2.45, 2.75) is 20.8 Å². The number of carbonyl (C=O) groups excluding carboxylic acids is 2. The highest BCUT2D eigenvalue weighted by Gasteiger charge is 2.12. The number of aryl methyl sites for hydroxylation is 3. The second-order valence-electron chi connectivity index (χ2n) is 5.31. The number of ether oxygens (including phenoxy) is 1. The Balaban J connectivity index is 1.90. The molecule has 0 radical (unpaired) electrons. The molecular formula is C18H19NO3. The minimum absolute atomic E-state index is 0.306. The zero-order valence-electron chi connectivity index (χ0n) is 13.0. The fraction of sp³-hybridized carbons (Fsp3) is 0.222. The highest BCUT2D eigenvalue weighted by Crippen LogP contribution is 2.12. The zero-order chi connectivity index (χ0) is 16.1. The Morgan fingerprint density at radius 3 is 2.23 bits per heavy atom. The summed E-state index contributed by atoms with van der Waals surface area (Å²) in [5, 5.41) is 2.68. The van der Waals surface area contributed by atoms with Gasteiger partial charge in [0.25, 0.3) is 5.91 Å². The third-order valence-electron chi connectivity index (χ3n) is 3.27. The molecule has 22 heavy (non-hydrogen) atoms. The summed E-state index contributed by atoms with van der Waals surface area (Å²) in [6, 6.07) is 12.9. The van der Waals surface area contributed by atoms with Crippen molar-refractivity contribution in [1.82, 2.24) is 0 Å². The van der Waals surface area contributed by atoms with E-state index in [-0.39, 0.29) is 12.5 Å². The lowest BCUT2D eigenvalue weighted by atomic mass is 10.1. The largest absolute Gasteiger partial charge is 0.452 e. The molecule has 2 rings (SSSR count). The molecule has 0 saturated heterocycles. The van der Waals surface area contributed by atoms with Gasteiger partial charge in [0.05, 0.1) is 5.56 Å². The molecule has 0 saturated carbocycles. The molecule has 1 N–H and O–H groups in total. The SMILES string of the molecule is Cc1ccc(NC(=O)COC(=O)c2ccc(C)cc2C)cc1. The van der Waals surface area contributed by atoms with Crippen LogP contribution in [0.4, 0.5) is 5.69 Å². The van der Waals surface area contributed by atoms with Crippen LogP contribution in [0.1, 0.15) is 27.0 Å². The molecule has 0 aromatic heterocycles. The molecule has 114 valence electrons. The smallest absolute Gasteiger partial charge is 0.338 e. The van der Waals surface area contributed by atoms with Crippen LogP contribution in [0.3, 0.4) is 0 Å². The summed E-state index contributed by atoms with van der Waals surface area (Å²) in [6.07, 6.45) is 0. The topological polar surface area (TPSA) is 55.4 Å². The van der Waals surface area contributed by atoms with E-state index in [1.807, 2.05) is 45.0 Å². The summed E-state index contributed by atoms with van der Waals surface area (Å²) in [5.41, 5.74) is 4.18. The van der Waals surface area contributed by atoms with Crippen molar-refractivity contribution in [3.8, 4) is 0 Å². The fourth-order valence-electron chi connectivity index (χ4n) is 2.09. The first-order chi connectivity index (χ1) is 10.5. The second-order valence-corrected chi connectivity index (χ2v) is 5.31. The normalized spacial score (nSPS) is 10.1. The lowest BCUT2D eigenvalue weighted by molar-refractivity contribution is -0.119. The van der Waals surface area contributed by atoms with Gasteiger partial charge in [-0.25, -0.2) is 4.79 Å². The Hall–Kier alpha value is -2.62. The maximum Gasteiger partial charge on any atom is 0.338 e. The lowest BCUT2D eigenvalue weighted by Crippen LogP contribution is -2.21. The van der Waals surface area contributed by atoms with Gasteiger partial charge in [-0.1, -0.05) is 35.4 Å². The summed E-state index contributed by atoms with van der Waals surface area (Å²) in [5.74, 6) is -0.849. The Morgan fingerprint density at radius 1 is 0.955 bits per heavy atom. The summed E-state index contributed by atoms with van der Waals surface area (Å²) in [6.45, 7) is 5.46. The van der Waals surface area contributed by atoms with Gasteiger partial charge in [0, 0.05) is 5.69 Å². The predicted molar refractivity (Wildman–Crippen MR) is 86.0 cm³/mol. The van der Waals surface area contributed by atoms with Gasteiger partial charge >= 0.3 is 5.97 Å². The molecule has 0 bridgehead atoms. The summed E-state index contributed by atoms with van der Waals surface area (Å²) in [7, 11) is 0. The van der Waals surface area contributed by atoms with E-state index < -0.39 is 5.97 Å². The van der Waals surface area contributed by atoms with Gasteiger partial charge in [-0.05, 0) is 44.5 Å². The van der Waals surface area contributed by atoms with E-state index in [2.05, 4.69) is 5.32 Å². The van der Waals surface area contributed by atoms with E-state index in [9.17, 15) is 9.59 Å². The number of hydrogen-bond donors (Lipinski definition) is 1. The van der Waals surface area contributed by atoms with Crippen LogP contribution in [0.15, 0.2) is 42.5 Å². The number of carbonyl (C=O) groups is 2. The third-order valence-corrected chi connectivity index (χ3v) is 3.27. The minimum atomic E-state index is -0.489. The first-order valence-electron chi connectivity index (χ1n) is 7.06. The molecule has 0 heterocycles. The van der Waals surface area contributed by atoms with E-state index in [4.69, 9.17) is 4.74 Å². The predicted octanol–water partition coefficient (Wildman–Crippen LogP) is 3.41. The number of anilines is 1. The molecule has 0 unspecified atom stereocenters. The quantitative estimate of drug-likeness (QED) is 0.880. The van der Waals surface area contributed by atoms with Crippen molar-refractivity contribution in [3.63, 3.8) is 0 Å². The number of rotatable bonds is 4. The van der Waals surface area contributed by atoms with Crippen LogP contribution in [-0.4, -0.2) is 18.5 Å². The van der Waals surface area contributed by atoms with Crippen molar-refractivity contribution in [2.75, 3.05) is 11.9 Å². The minimum Gasteiger partial charge on any atom is -0.452 e. The Labute approximate surface area is 130 Å². The van der Waals surface area contributed by atoms with E-state index in [1.54, 1.807) is 18.2 Å². The molecule has 0 spiro atoms. The van der Waals surface area contributed by atoms with Crippen LogP contribution in [0.2, 0.25) is 0 Å². The number of esters is 1. The van der Waals surface area contributed by atoms with Crippen LogP contribution in [-0.2, 0) is 9.53 Å². The molecule has 2 aromatic rings. The van der Waals surface area contributed by atoms with Gasteiger partial charge in [0.2, 0.25) is 0 Å². The number of hydrogen-bond acceptors (Lipinski definition) is 3. The molecule has 0 aliphatic heterocycles. The molecule has 1 amide bonds. The van der Waals surface area contributed by atoms with Gasteiger partial charge in [0.15, 0.2) is 6.61 Å². The van der Waals surface area contributed by atoms with Gasteiger partial charge < -0.3 is 10.1 Å². The average molecular weight is 297 g/mol. The van der Waals surface area contributed by atoms with Crippen LogP contribution in [0.5, 0.6) is 0 Å². The first-order valence-corrected chi connectivity index (χ1v) is 7.06. The van der Waals surface area contributed by atoms with Gasteiger partial charge in [-0.15, -0.1) is 0 Å². The first kappa shape index (κ1) is 15.8. The highest BCUT2D eigenvalue weighted by atomic mass is 16.5. The van der Waals surface area contributed by atoms with Crippen LogP contribution >= 0.6 is 0 Å². The molecule has 0 aliphatic carbocycles. The van der Waals surface area contributed by atoms with Crippen molar-refractivity contribution < 1.29 is 14.3 Å². The van der Waals surface area contributed by atoms with Crippen molar-refractivity contribution in [1.29, 1.82) is 0 Å². The van der Waals surface area contributed by atoms with Crippen LogP contribution < -0.4 is 5.32 Å². The maximum absolute atomic E-state index is 12.0. The molecule has 4 heteroatoms. The van der Waals surface area contributed by atoms with E-state index in [0.29, 0.717) is 11.3 Å². The number of nitrogens with one attached hydrogen (secondary N) is 1. The summed E-state index contributed by atoms with van der Waals surface area (Å²) in [4.78, 5) is 23.8. The summed E-state index contributed by atoms with van der Waals surface area (Å²) >= 11 is 0. The van der Waals surface area contributed by atoms with Crippen molar-refractivity contribution >= 4 is 17.6 Å². The standard InChI is InChI=1S/C18H19NO3/c1-12-4-7-15(8-5-12)19-17(20)11-22-18(21)16-9-6-13(2)10-14(16)3/h4-10H,11H2,1-3H3,(H,19,20). The molecule has 0 fully saturated rings. The van der Waals surface area contributed by atoms with E-state index >= 15 is 0 Å². The number of benzene rings is 2. The van der Waals surface area contributed by atoms with Gasteiger partial charge in [-0.3, -0.25) is 4.79 Å². The molecule has 2 aromatic carbocycles. The third kappa shape index (κ3) is 4.19. The molecule has 0 aliphatic rings. The van der Waals surface area contributed by atoms with Crippen molar-refractivity contribution in [2.24, 2.45) is 0 Å². The monoisotopic (exact) mass is 297 g/mol. The molecule has 0 atom stereocenters. The van der Waals surface area contributed by atoms with E-state index in [1.165, 1.54) is 0 Å². The van der Waals surface area contributed by atoms with Gasteiger partial charge in [-0.2, -0.15) is 0 Å².